The second kappa shape index (κ2) is 12.3. The predicted molar refractivity (Wildman–Crippen MR) is 133 cm³/mol. The second-order valence-corrected chi connectivity index (χ2v) is 10.3. The van der Waals surface area contributed by atoms with Crippen LogP contribution < -0.4 is 9.62 Å². The Morgan fingerprint density at radius 2 is 1.73 bits per heavy atom. The average molecular weight is 514 g/mol. The van der Waals surface area contributed by atoms with Crippen LogP contribution in [0.2, 0.25) is 10.0 Å². The van der Waals surface area contributed by atoms with Gasteiger partial charge in [-0.2, -0.15) is 0 Å². The van der Waals surface area contributed by atoms with E-state index in [4.69, 9.17) is 23.2 Å². The number of nitrogens with zero attached hydrogens (tertiary/aromatic N) is 2. The molecular formula is C23H29Cl2N3O4S. The van der Waals surface area contributed by atoms with Gasteiger partial charge < -0.3 is 10.2 Å². The summed E-state index contributed by atoms with van der Waals surface area (Å²) in [6.45, 7) is 3.77. The van der Waals surface area contributed by atoms with Crippen LogP contribution in [0.4, 0.5) is 5.69 Å². The zero-order valence-corrected chi connectivity index (χ0v) is 21.3. The smallest absolute Gasteiger partial charge is 0.244 e. The largest absolute Gasteiger partial charge is 0.354 e. The standard InChI is InChI=1S/C23H29Cl2N3O4S/c1-4-14-26-23(30)17(2)27(15-13-18-9-6-5-7-10-18)21(29)16-28(33(3,31)32)20-12-8-11-19(24)22(20)25/h5-12,17H,4,13-16H2,1-3H3,(H,26,30)/t17-/m1/s1. The number of hydrogen-bond donors (Lipinski definition) is 1. The van der Waals surface area contributed by atoms with Crippen LogP contribution >= 0.6 is 23.2 Å². The van der Waals surface area contributed by atoms with Gasteiger partial charge in [0.2, 0.25) is 21.8 Å². The Morgan fingerprint density at radius 3 is 2.33 bits per heavy atom. The molecule has 10 heteroatoms. The van der Waals surface area contributed by atoms with Gasteiger partial charge in [0.25, 0.3) is 0 Å². The molecule has 1 atom stereocenters. The molecule has 0 bridgehead atoms. The molecule has 0 spiro atoms. The van der Waals surface area contributed by atoms with E-state index in [9.17, 15) is 18.0 Å². The van der Waals surface area contributed by atoms with Gasteiger partial charge in [0.05, 0.1) is 22.0 Å². The van der Waals surface area contributed by atoms with E-state index < -0.39 is 28.5 Å². The fraction of sp³-hybridized carbons (Fsp3) is 0.391. The van der Waals surface area contributed by atoms with Crippen LogP contribution in [-0.2, 0) is 26.0 Å². The van der Waals surface area contributed by atoms with Crippen molar-refractivity contribution in [1.82, 2.24) is 10.2 Å². The van der Waals surface area contributed by atoms with Gasteiger partial charge in [-0.05, 0) is 37.5 Å². The fourth-order valence-corrected chi connectivity index (χ4v) is 4.55. The van der Waals surface area contributed by atoms with Gasteiger partial charge in [-0.3, -0.25) is 13.9 Å². The van der Waals surface area contributed by atoms with E-state index in [2.05, 4.69) is 5.32 Å². The molecule has 33 heavy (non-hydrogen) atoms. The molecule has 0 aliphatic heterocycles. The van der Waals surface area contributed by atoms with Crippen molar-refractivity contribution in [2.75, 3.05) is 30.2 Å². The van der Waals surface area contributed by atoms with Crippen molar-refractivity contribution in [3.8, 4) is 0 Å². The minimum Gasteiger partial charge on any atom is -0.354 e. The van der Waals surface area contributed by atoms with Gasteiger partial charge in [0.1, 0.15) is 12.6 Å². The van der Waals surface area contributed by atoms with E-state index in [1.54, 1.807) is 13.0 Å². The Labute approximate surface area is 205 Å². The zero-order chi connectivity index (χ0) is 24.6. The maximum atomic E-state index is 13.4. The summed E-state index contributed by atoms with van der Waals surface area (Å²) in [5.41, 5.74) is 1.10. The number of amides is 2. The predicted octanol–water partition coefficient (Wildman–Crippen LogP) is 3.75. The number of carbonyl (C=O) groups excluding carboxylic acids is 2. The topological polar surface area (TPSA) is 86.8 Å². The summed E-state index contributed by atoms with van der Waals surface area (Å²) < 4.78 is 26.0. The van der Waals surface area contributed by atoms with Crippen molar-refractivity contribution < 1.29 is 18.0 Å². The van der Waals surface area contributed by atoms with Crippen molar-refractivity contribution in [1.29, 1.82) is 0 Å². The van der Waals surface area contributed by atoms with E-state index in [0.29, 0.717) is 13.0 Å². The molecule has 0 aliphatic rings. The molecule has 0 aliphatic carbocycles. The molecule has 0 radical (unpaired) electrons. The molecule has 2 aromatic carbocycles. The highest BCUT2D eigenvalue weighted by Gasteiger charge is 2.30. The highest BCUT2D eigenvalue weighted by Crippen LogP contribution is 2.33. The number of carbonyl (C=O) groups is 2. The summed E-state index contributed by atoms with van der Waals surface area (Å²) >= 11 is 12.3. The summed E-state index contributed by atoms with van der Waals surface area (Å²) in [7, 11) is -3.87. The summed E-state index contributed by atoms with van der Waals surface area (Å²) in [5.74, 6) is -0.823. The first-order chi connectivity index (χ1) is 15.6. The van der Waals surface area contributed by atoms with Crippen molar-refractivity contribution in [3.05, 3.63) is 64.1 Å². The lowest BCUT2D eigenvalue weighted by Crippen LogP contribution is -2.52. The van der Waals surface area contributed by atoms with E-state index in [0.717, 1.165) is 22.5 Å². The van der Waals surface area contributed by atoms with E-state index >= 15 is 0 Å². The van der Waals surface area contributed by atoms with Crippen molar-refractivity contribution >= 4 is 50.7 Å². The Morgan fingerprint density at radius 1 is 1.06 bits per heavy atom. The molecule has 2 rings (SSSR count). The fourth-order valence-electron chi connectivity index (χ4n) is 3.25. The zero-order valence-electron chi connectivity index (χ0n) is 18.9. The molecule has 2 amide bonds. The maximum absolute atomic E-state index is 13.4. The monoisotopic (exact) mass is 513 g/mol. The maximum Gasteiger partial charge on any atom is 0.244 e. The summed E-state index contributed by atoms with van der Waals surface area (Å²) in [4.78, 5) is 27.4. The molecule has 0 heterocycles. The Kier molecular flexibility index (Phi) is 10.0. The minimum absolute atomic E-state index is 0.0296. The van der Waals surface area contributed by atoms with Crippen LogP contribution in [0.5, 0.6) is 0 Å². The molecule has 0 saturated carbocycles. The van der Waals surface area contributed by atoms with Crippen LogP contribution in [0.3, 0.4) is 0 Å². The number of anilines is 1. The summed E-state index contributed by atoms with van der Waals surface area (Å²) in [6.07, 6.45) is 2.25. The first-order valence-electron chi connectivity index (χ1n) is 10.6. The third-order valence-corrected chi connectivity index (χ3v) is 7.02. The van der Waals surface area contributed by atoms with E-state index in [-0.39, 0.29) is 28.2 Å². The normalized spacial score (nSPS) is 12.2. The van der Waals surface area contributed by atoms with Gasteiger partial charge in [0, 0.05) is 13.1 Å². The van der Waals surface area contributed by atoms with Crippen LogP contribution in [0.25, 0.3) is 0 Å². The number of hydrogen-bond acceptors (Lipinski definition) is 4. The summed E-state index contributed by atoms with van der Waals surface area (Å²) in [6, 6.07) is 13.3. The molecule has 7 nitrogen and oxygen atoms in total. The second-order valence-electron chi connectivity index (χ2n) is 7.63. The molecule has 0 saturated heterocycles. The van der Waals surface area contributed by atoms with Crippen molar-refractivity contribution in [2.45, 2.75) is 32.7 Å². The molecule has 0 aromatic heterocycles. The molecular weight excluding hydrogens is 485 g/mol. The SMILES string of the molecule is CCCNC(=O)[C@@H](C)N(CCc1ccccc1)C(=O)CN(c1cccc(Cl)c1Cl)S(C)(=O)=O. The quantitative estimate of drug-likeness (QED) is 0.495. The highest BCUT2D eigenvalue weighted by molar-refractivity contribution is 7.92. The van der Waals surface area contributed by atoms with Crippen LogP contribution in [0, 0.1) is 0 Å². The Balaban J connectivity index is 2.33. The number of benzene rings is 2. The first kappa shape index (κ1) is 27.0. The Bertz CT molecular complexity index is 1060. The third kappa shape index (κ3) is 7.62. The van der Waals surface area contributed by atoms with Gasteiger partial charge in [0.15, 0.2) is 0 Å². The number of nitrogens with one attached hydrogen (secondary N) is 1. The van der Waals surface area contributed by atoms with Gasteiger partial charge in [-0.1, -0.05) is 66.5 Å². The minimum atomic E-state index is -3.87. The third-order valence-electron chi connectivity index (χ3n) is 5.08. The lowest BCUT2D eigenvalue weighted by Gasteiger charge is -2.31. The van der Waals surface area contributed by atoms with Crippen LogP contribution in [0.1, 0.15) is 25.8 Å². The number of sulfonamides is 1. The van der Waals surface area contributed by atoms with E-state index in [1.165, 1.54) is 17.0 Å². The highest BCUT2D eigenvalue weighted by atomic mass is 35.5. The van der Waals surface area contributed by atoms with Gasteiger partial charge >= 0.3 is 0 Å². The van der Waals surface area contributed by atoms with Gasteiger partial charge in [-0.25, -0.2) is 8.42 Å². The van der Waals surface area contributed by atoms with Crippen LogP contribution in [-0.4, -0.2) is 57.1 Å². The van der Waals surface area contributed by atoms with E-state index in [1.807, 2.05) is 37.3 Å². The molecule has 180 valence electrons. The first-order valence-corrected chi connectivity index (χ1v) is 13.2. The van der Waals surface area contributed by atoms with Crippen molar-refractivity contribution in [2.24, 2.45) is 0 Å². The summed E-state index contributed by atoms with van der Waals surface area (Å²) in [5, 5.41) is 2.99. The number of rotatable bonds is 11. The molecule has 2 aromatic rings. The number of halogens is 2. The van der Waals surface area contributed by atoms with Gasteiger partial charge in [-0.15, -0.1) is 0 Å². The molecule has 0 fully saturated rings. The lowest BCUT2D eigenvalue weighted by molar-refractivity contribution is -0.138. The van der Waals surface area contributed by atoms with Crippen molar-refractivity contribution in [3.63, 3.8) is 0 Å². The Hall–Kier alpha value is -2.29. The molecule has 0 unspecified atom stereocenters. The average Bonchev–Trinajstić information content (AvgIpc) is 2.77. The van der Waals surface area contributed by atoms with Crippen LogP contribution in [0.15, 0.2) is 48.5 Å². The molecule has 1 N–H and O–H groups in total. The lowest BCUT2D eigenvalue weighted by atomic mass is 10.1.